The third-order valence-corrected chi connectivity index (χ3v) is 4.60. The molecule has 0 aliphatic heterocycles. The van der Waals surface area contributed by atoms with E-state index < -0.39 is 0 Å². The second-order valence-corrected chi connectivity index (χ2v) is 6.64. The van der Waals surface area contributed by atoms with Gasteiger partial charge in [0.05, 0.1) is 0 Å². The van der Waals surface area contributed by atoms with Crippen LogP contribution in [0.2, 0.25) is 0 Å². The van der Waals surface area contributed by atoms with Crippen molar-refractivity contribution in [2.24, 2.45) is 0 Å². The molecule has 28 heavy (non-hydrogen) atoms. The van der Waals surface area contributed by atoms with Gasteiger partial charge in [-0.3, -0.25) is 9.69 Å². The molecule has 5 heteroatoms. The summed E-state index contributed by atoms with van der Waals surface area (Å²) in [5, 5.41) is 0. The molecular weight excluding hydrogens is 374 g/mol. The minimum atomic E-state index is -0.203. The number of para-hydroxylation sites is 3. The van der Waals surface area contributed by atoms with E-state index in [1.807, 2.05) is 68.4 Å². The molecule has 0 saturated carbocycles. The SMILES string of the molecule is CC(=O)N(CCl)c1c(Oc2ccccc2C)cccc1Oc1ccccc1C. The molecule has 0 aliphatic carbocycles. The van der Waals surface area contributed by atoms with Crippen molar-refractivity contribution in [3.63, 3.8) is 0 Å². The Hall–Kier alpha value is -2.98. The van der Waals surface area contributed by atoms with Gasteiger partial charge in [-0.2, -0.15) is 0 Å². The topological polar surface area (TPSA) is 38.8 Å². The molecule has 0 fully saturated rings. The maximum atomic E-state index is 12.2. The van der Waals surface area contributed by atoms with Crippen molar-refractivity contribution >= 4 is 23.2 Å². The van der Waals surface area contributed by atoms with Gasteiger partial charge in [0.1, 0.15) is 23.2 Å². The van der Waals surface area contributed by atoms with Crippen LogP contribution in [0.5, 0.6) is 23.0 Å². The highest BCUT2D eigenvalue weighted by Gasteiger charge is 2.22. The number of carbonyl (C=O) groups is 1. The van der Waals surface area contributed by atoms with E-state index in [0.717, 1.165) is 11.1 Å². The first-order valence-electron chi connectivity index (χ1n) is 8.95. The first-order chi connectivity index (χ1) is 13.5. The lowest BCUT2D eigenvalue weighted by molar-refractivity contribution is -0.116. The number of hydrogen-bond acceptors (Lipinski definition) is 3. The largest absolute Gasteiger partial charge is 0.455 e. The Morgan fingerprint density at radius 2 is 1.21 bits per heavy atom. The molecular formula is C23H22ClNO3. The lowest BCUT2D eigenvalue weighted by Crippen LogP contribution is -2.27. The smallest absolute Gasteiger partial charge is 0.225 e. The van der Waals surface area contributed by atoms with Crippen LogP contribution in [0.1, 0.15) is 18.1 Å². The fourth-order valence-corrected chi connectivity index (χ4v) is 3.10. The van der Waals surface area contributed by atoms with Gasteiger partial charge in [-0.15, -0.1) is 11.6 Å². The van der Waals surface area contributed by atoms with Gasteiger partial charge in [0.15, 0.2) is 11.5 Å². The Kier molecular flexibility index (Phi) is 6.22. The van der Waals surface area contributed by atoms with E-state index in [4.69, 9.17) is 21.1 Å². The number of halogens is 1. The number of nitrogens with zero attached hydrogens (tertiary/aromatic N) is 1. The number of hydrogen-bond donors (Lipinski definition) is 0. The fourth-order valence-electron chi connectivity index (χ4n) is 2.81. The zero-order chi connectivity index (χ0) is 20.1. The molecule has 144 valence electrons. The number of ether oxygens (including phenoxy) is 2. The van der Waals surface area contributed by atoms with Crippen molar-refractivity contribution in [1.29, 1.82) is 0 Å². The predicted molar refractivity (Wildman–Crippen MR) is 113 cm³/mol. The number of benzene rings is 3. The Bertz CT molecular complexity index is 921. The standard InChI is InChI=1S/C23H22ClNO3/c1-16-9-4-6-11-19(16)27-21-13-8-14-22(23(21)25(15-24)18(3)26)28-20-12-7-5-10-17(20)2/h4-14H,15H2,1-3H3. The highest BCUT2D eigenvalue weighted by atomic mass is 35.5. The van der Waals surface area contributed by atoms with Crippen molar-refractivity contribution in [3.8, 4) is 23.0 Å². The molecule has 4 nitrogen and oxygen atoms in total. The molecule has 3 aromatic carbocycles. The second-order valence-electron chi connectivity index (χ2n) is 6.40. The quantitative estimate of drug-likeness (QED) is 0.356. The molecule has 0 atom stereocenters. The molecule has 3 rings (SSSR count). The summed E-state index contributed by atoms with van der Waals surface area (Å²) in [6.07, 6.45) is 0. The monoisotopic (exact) mass is 395 g/mol. The van der Waals surface area contributed by atoms with E-state index in [2.05, 4.69) is 0 Å². The molecule has 0 unspecified atom stereocenters. The Morgan fingerprint density at radius 3 is 1.61 bits per heavy atom. The van der Waals surface area contributed by atoms with Crippen LogP contribution in [-0.2, 0) is 4.79 Å². The van der Waals surface area contributed by atoms with Crippen molar-refractivity contribution in [1.82, 2.24) is 0 Å². The van der Waals surface area contributed by atoms with Crippen LogP contribution in [0, 0.1) is 13.8 Å². The molecule has 1 amide bonds. The summed E-state index contributed by atoms with van der Waals surface area (Å²) in [5.74, 6) is 2.20. The number of amides is 1. The van der Waals surface area contributed by atoms with Crippen LogP contribution in [0.3, 0.4) is 0 Å². The molecule has 0 heterocycles. The van der Waals surface area contributed by atoms with E-state index in [9.17, 15) is 4.79 Å². The van der Waals surface area contributed by atoms with Gasteiger partial charge in [-0.25, -0.2) is 0 Å². The minimum Gasteiger partial charge on any atom is -0.455 e. The average molecular weight is 396 g/mol. The van der Waals surface area contributed by atoms with Gasteiger partial charge in [-0.1, -0.05) is 42.5 Å². The fraction of sp³-hybridized carbons (Fsp3) is 0.174. The van der Waals surface area contributed by atoms with E-state index in [-0.39, 0.29) is 11.9 Å². The first-order valence-corrected chi connectivity index (χ1v) is 9.48. The first kappa shape index (κ1) is 19.8. The van der Waals surface area contributed by atoms with Crippen LogP contribution in [-0.4, -0.2) is 11.9 Å². The van der Waals surface area contributed by atoms with Gasteiger partial charge in [0, 0.05) is 6.92 Å². The van der Waals surface area contributed by atoms with Gasteiger partial charge in [0.2, 0.25) is 5.91 Å². The van der Waals surface area contributed by atoms with Crippen LogP contribution in [0.25, 0.3) is 0 Å². The Balaban J connectivity index is 2.10. The molecule has 0 spiro atoms. The van der Waals surface area contributed by atoms with Crippen molar-refractivity contribution in [2.75, 3.05) is 10.9 Å². The van der Waals surface area contributed by atoms with E-state index >= 15 is 0 Å². The lowest BCUT2D eigenvalue weighted by Gasteiger charge is -2.24. The average Bonchev–Trinajstić information content (AvgIpc) is 2.67. The summed E-state index contributed by atoms with van der Waals surface area (Å²) in [4.78, 5) is 13.7. The van der Waals surface area contributed by atoms with E-state index in [1.54, 1.807) is 12.1 Å². The molecule has 0 radical (unpaired) electrons. The number of alkyl halides is 1. The lowest BCUT2D eigenvalue weighted by atomic mass is 10.2. The third-order valence-electron chi connectivity index (χ3n) is 4.36. The summed E-state index contributed by atoms with van der Waals surface area (Å²) in [5.41, 5.74) is 2.47. The number of anilines is 1. The molecule has 0 aliphatic rings. The Morgan fingerprint density at radius 1 is 0.786 bits per heavy atom. The van der Waals surface area contributed by atoms with E-state index in [0.29, 0.717) is 28.7 Å². The van der Waals surface area contributed by atoms with Crippen molar-refractivity contribution in [3.05, 3.63) is 77.9 Å². The minimum absolute atomic E-state index is 0.0202. The van der Waals surface area contributed by atoms with Gasteiger partial charge >= 0.3 is 0 Å². The maximum absolute atomic E-state index is 12.2. The molecule has 3 aromatic rings. The van der Waals surface area contributed by atoms with Crippen molar-refractivity contribution < 1.29 is 14.3 Å². The maximum Gasteiger partial charge on any atom is 0.225 e. The van der Waals surface area contributed by atoms with Gasteiger partial charge in [-0.05, 0) is 49.2 Å². The summed E-state index contributed by atoms with van der Waals surface area (Å²) in [6, 6.07) is 20.8. The third kappa shape index (κ3) is 4.29. The van der Waals surface area contributed by atoms with Crippen molar-refractivity contribution in [2.45, 2.75) is 20.8 Å². The van der Waals surface area contributed by atoms with Crippen LogP contribution in [0.4, 0.5) is 5.69 Å². The molecule has 0 N–H and O–H groups in total. The van der Waals surface area contributed by atoms with Gasteiger partial charge in [0.25, 0.3) is 0 Å². The van der Waals surface area contributed by atoms with E-state index in [1.165, 1.54) is 11.8 Å². The summed E-state index contributed by atoms with van der Waals surface area (Å²) in [7, 11) is 0. The summed E-state index contributed by atoms with van der Waals surface area (Å²) in [6.45, 7) is 5.39. The zero-order valence-corrected chi connectivity index (χ0v) is 16.9. The highest BCUT2D eigenvalue weighted by molar-refractivity contribution is 6.21. The number of carbonyl (C=O) groups excluding carboxylic acids is 1. The molecule has 0 bridgehead atoms. The van der Waals surface area contributed by atoms with Crippen LogP contribution in [0.15, 0.2) is 66.7 Å². The van der Waals surface area contributed by atoms with Crippen LogP contribution < -0.4 is 14.4 Å². The van der Waals surface area contributed by atoms with Gasteiger partial charge < -0.3 is 9.47 Å². The summed E-state index contributed by atoms with van der Waals surface area (Å²) < 4.78 is 12.3. The highest BCUT2D eigenvalue weighted by Crippen LogP contribution is 2.43. The normalized spacial score (nSPS) is 10.4. The second kappa shape index (κ2) is 8.81. The number of rotatable bonds is 6. The zero-order valence-electron chi connectivity index (χ0n) is 16.1. The molecule has 0 aromatic heterocycles. The molecule has 0 saturated heterocycles. The number of aryl methyl sites for hydroxylation is 2. The van der Waals surface area contributed by atoms with Crippen LogP contribution >= 0.6 is 11.6 Å². The Labute approximate surface area is 170 Å². The summed E-state index contributed by atoms with van der Waals surface area (Å²) >= 11 is 6.10. The predicted octanol–water partition coefficient (Wildman–Crippen LogP) is 6.44.